The molecule has 0 saturated carbocycles. The first-order valence-corrected chi connectivity index (χ1v) is 7.26. The Morgan fingerprint density at radius 1 is 1.45 bits per heavy atom. The maximum absolute atomic E-state index is 10.9. The summed E-state index contributed by atoms with van der Waals surface area (Å²) in [7, 11) is 1.73. The van der Waals surface area contributed by atoms with Crippen molar-refractivity contribution in [3.8, 4) is 0 Å². The second-order valence-electron chi connectivity index (χ2n) is 5.09. The third kappa shape index (κ3) is 3.41. The highest BCUT2D eigenvalue weighted by Crippen LogP contribution is 2.29. The predicted octanol–water partition coefficient (Wildman–Crippen LogP) is 3.20. The summed E-state index contributed by atoms with van der Waals surface area (Å²) in [6, 6.07) is 5.20. The molecule has 0 spiro atoms. The van der Waals surface area contributed by atoms with Crippen molar-refractivity contribution in [2.24, 2.45) is 5.92 Å². The number of nitro groups is 1. The minimum absolute atomic E-state index is 0.0954. The van der Waals surface area contributed by atoms with Gasteiger partial charge in [-0.15, -0.1) is 11.6 Å². The summed E-state index contributed by atoms with van der Waals surface area (Å²) in [5, 5.41) is 10.9. The van der Waals surface area contributed by atoms with Crippen LogP contribution in [-0.2, 0) is 10.6 Å². The van der Waals surface area contributed by atoms with Gasteiger partial charge in [-0.25, -0.2) is 0 Å². The van der Waals surface area contributed by atoms with Crippen molar-refractivity contribution < 1.29 is 9.66 Å². The van der Waals surface area contributed by atoms with Crippen LogP contribution < -0.4 is 4.90 Å². The second kappa shape index (κ2) is 6.90. The molecule has 1 aliphatic rings. The van der Waals surface area contributed by atoms with Gasteiger partial charge in [-0.3, -0.25) is 10.1 Å². The van der Waals surface area contributed by atoms with Gasteiger partial charge < -0.3 is 9.64 Å². The summed E-state index contributed by atoms with van der Waals surface area (Å²) < 4.78 is 5.19. The molecule has 0 unspecified atom stereocenters. The van der Waals surface area contributed by atoms with E-state index < -0.39 is 0 Å². The second-order valence-corrected chi connectivity index (χ2v) is 5.36. The van der Waals surface area contributed by atoms with E-state index >= 15 is 0 Å². The molecule has 6 heteroatoms. The van der Waals surface area contributed by atoms with Crippen LogP contribution in [0, 0.1) is 16.0 Å². The lowest BCUT2D eigenvalue weighted by Gasteiger charge is -2.33. The Morgan fingerprint density at radius 2 is 2.15 bits per heavy atom. The van der Waals surface area contributed by atoms with Crippen LogP contribution in [0.4, 0.5) is 11.4 Å². The number of nitro benzene ring substituents is 1. The van der Waals surface area contributed by atoms with E-state index in [1.807, 2.05) is 12.1 Å². The normalized spacial score (nSPS) is 16.4. The Balaban J connectivity index is 2.08. The van der Waals surface area contributed by atoms with Crippen molar-refractivity contribution in [3.63, 3.8) is 0 Å². The summed E-state index contributed by atoms with van der Waals surface area (Å²) in [5.41, 5.74) is 1.69. The van der Waals surface area contributed by atoms with E-state index in [1.165, 1.54) is 0 Å². The quantitative estimate of drug-likeness (QED) is 0.476. The number of benzene rings is 1. The Hall–Kier alpha value is -1.33. The van der Waals surface area contributed by atoms with E-state index in [4.69, 9.17) is 16.3 Å². The maximum Gasteiger partial charge on any atom is 0.273 e. The number of hydrogen-bond acceptors (Lipinski definition) is 4. The molecular weight excluding hydrogens is 280 g/mol. The van der Waals surface area contributed by atoms with E-state index in [-0.39, 0.29) is 16.5 Å². The summed E-state index contributed by atoms with van der Waals surface area (Å²) in [5.74, 6) is 0.770. The van der Waals surface area contributed by atoms with E-state index in [0.29, 0.717) is 11.5 Å². The molecule has 1 aromatic carbocycles. The first-order valence-electron chi connectivity index (χ1n) is 6.73. The van der Waals surface area contributed by atoms with Gasteiger partial charge in [0.05, 0.1) is 10.8 Å². The van der Waals surface area contributed by atoms with Crippen LogP contribution in [0.2, 0.25) is 0 Å². The van der Waals surface area contributed by atoms with Crippen molar-refractivity contribution in [1.82, 2.24) is 0 Å². The molecule has 110 valence electrons. The average molecular weight is 299 g/mol. The zero-order valence-corrected chi connectivity index (χ0v) is 12.3. The molecule has 1 heterocycles. The topological polar surface area (TPSA) is 55.6 Å². The van der Waals surface area contributed by atoms with Gasteiger partial charge in [-0.1, -0.05) is 0 Å². The molecule has 1 aliphatic heterocycles. The maximum atomic E-state index is 10.9. The van der Waals surface area contributed by atoms with Crippen LogP contribution in [0.25, 0.3) is 0 Å². The van der Waals surface area contributed by atoms with Crippen LogP contribution >= 0.6 is 11.6 Å². The fourth-order valence-electron chi connectivity index (χ4n) is 2.65. The molecule has 20 heavy (non-hydrogen) atoms. The average Bonchev–Trinajstić information content (AvgIpc) is 2.47. The minimum Gasteiger partial charge on any atom is -0.384 e. The largest absolute Gasteiger partial charge is 0.384 e. The summed E-state index contributed by atoms with van der Waals surface area (Å²) >= 11 is 5.81. The van der Waals surface area contributed by atoms with Crippen molar-refractivity contribution in [2.45, 2.75) is 18.7 Å². The monoisotopic (exact) mass is 298 g/mol. The number of methoxy groups -OCH3 is 1. The van der Waals surface area contributed by atoms with Crippen LogP contribution in [0.1, 0.15) is 18.4 Å². The van der Waals surface area contributed by atoms with E-state index in [2.05, 4.69) is 4.90 Å². The molecule has 0 bridgehead atoms. The fraction of sp³-hybridized carbons (Fsp3) is 0.571. The van der Waals surface area contributed by atoms with Crippen LogP contribution in [0.5, 0.6) is 0 Å². The van der Waals surface area contributed by atoms with E-state index in [0.717, 1.165) is 38.2 Å². The molecule has 0 aromatic heterocycles. The summed E-state index contributed by atoms with van der Waals surface area (Å²) in [6.07, 6.45) is 2.17. The molecule has 2 rings (SSSR count). The zero-order chi connectivity index (χ0) is 14.5. The molecule has 0 aliphatic carbocycles. The minimum atomic E-state index is -0.383. The number of rotatable bonds is 5. The molecule has 0 radical (unpaired) electrons. The van der Waals surface area contributed by atoms with Gasteiger partial charge in [0, 0.05) is 44.1 Å². The van der Waals surface area contributed by atoms with Gasteiger partial charge in [0.15, 0.2) is 0 Å². The first-order chi connectivity index (χ1) is 9.65. The molecule has 1 saturated heterocycles. The molecule has 5 nitrogen and oxygen atoms in total. The van der Waals surface area contributed by atoms with Gasteiger partial charge in [0.25, 0.3) is 5.69 Å². The van der Waals surface area contributed by atoms with Crippen molar-refractivity contribution in [1.29, 1.82) is 0 Å². The Labute approximate surface area is 123 Å². The number of alkyl halides is 1. The first kappa shape index (κ1) is 15.1. The van der Waals surface area contributed by atoms with Crippen molar-refractivity contribution >= 4 is 23.0 Å². The Bertz CT molecular complexity index is 473. The number of nitrogens with zero attached hydrogens (tertiary/aromatic N) is 2. The Kier molecular flexibility index (Phi) is 5.20. The molecule has 0 amide bonds. The highest BCUT2D eigenvalue weighted by Gasteiger charge is 2.21. The standard InChI is InChI=1S/C14H19ClN2O3/c1-20-10-11-4-6-16(7-5-11)13-2-3-14(17(18)19)12(8-13)9-15/h2-3,8,11H,4-7,9-10H2,1H3. The van der Waals surface area contributed by atoms with Gasteiger partial charge in [0.2, 0.25) is 0 Å². The van der Waals surface area contributed by atoms with Gasteiger partial charge in [0.1, 0.15) is 0 Å². The van der Waals surface area contributed by atoms with Gasteiger partial charge in [-0.2, -0.15) is 0 Å². The zero-order valence-electron chi connectivity index (χ0n) is 11.5. The highest BCUT2D eigenvalue weighted by molar-refractivity contribution is 6.17. The SMILES string of the molecule is COCC1CCN(c2ccc([N+](=O)[O-])c(CCl)c2)CC1. The van der Waals surface area contributed by atoms with E-state index in [9.17, 15) is 10.1 Å². The third-order valence-corrected chi connectivity index (χ3v) is 4.07. The predicted molar refractivity (Wildman–Crippen MR) is 79.5 cm³/mol. The lowest BCUT2D eigenvalue weighted by molar-refractivity contribution is -0.385. The molecule has 1 fully saturated rings. The van der Waals surface area contributed by atoms with Crippen molar-refractivity contribution in [3.05, 3.63) is 33.9 Å². The number of hydrogen-bond donors (Lipinski definition) is 0. The molecule has 0 N–H and O–H groups in total. The lowest BCUT2D eigenvalue weighted by atomic mass is 9.97. The highest BCUT2D eigenvalue weighted by atomic mass is 35.5. The van der Waals surface area contributed by atoms with Crippen LogP contribution in [0.15, 0.2) is 18.2 Å². The van der Waals surface area contributed by atoms with Crippen molar-refractivity contribution in [2.75, 3.05) is 31.7 Å². The molecule has 0 atom stereocenters. The lowest BCUT2D eigenvalue weighted by Crippen LogP contribution is -2.35. The number of ether oxygens (including phenoxy) is 1. The van der Waals surface area contributed by atoms with Gasteiger partial charge >= 0.3 is 0 Å². The third-order valence-electron chi connectivity index (χ3n) is 3.79. The molecular formula is C14H19ClN2O3. The summed E-state index contributed by atoms with van der Waals surface area (Å²) in [6.45, 7) is 2.71. The fourth-order valence-corrected chi connectivity index (χ4v) is 2.86. The number of piperidine rings is 1. The summed E-state index contributed by atoms with van der Waals surface area (Å²) in [4.78, 5) is 12.8. The Morgan fingerprint density at radius 3 is 2.70 bits per heavy atom. The smallest absolute Gasteiger partial charge is 0.273 e. The van der Waals surface area contributed by atoms with Crippen LogP contribution in [-0.4, -0.2) is 31.7 Å². The molecule has 1 aromatic rings. The van der Waals surface area contributed by atoms with Crippen LogP contribution in [0.3, 0.4) is 0 Å². The van der Waals surface area contributed by atoms with E-state index in [1.54, 1.807) is 13.2 Å². The van der Waals surface area contributed by atoms with Gasteiger partial charge in [-0.05, 0) is 30.9 Å². The number of anilines is 1. The number of halogens is 1.